The molecule has 3 heterocycles. The first-order chi connectivity index (χ1) is 16.6. The number of pyridine rings is 1. The molecule has 1 fully saturated rings. The Morgan fingerprint density at radius 2 is 1.86 bits per heavy atom. The van der Waals surface area contributed by atoms with Gasteiger partial charge in [-0.2, -0.15) is 17.5 Å². The van der Waals surface area contributed by atoms with Gasteiger partial charge >= 0.3 is 12.1 Å². The monoisotopic (exact) mass is 508 g/mol. The van der Waals surface area contributed by atoms with Gasteiger partial charge < -0.3 is 15.3 Å². The van der Waals surface area contributed by atoms with Gasteiger partial charge in [-0.05, 0) is 31.2 Å². The summed E-state index contributed by atoms with van der Waals surface area (Å²) in [5.41, 5.74) is 1.74. The molecule has 9 nitrogen and oxygen atoms in total. The fourth-order valence-corrected chi connectivity index (χ4v) is 3.87. The van der Waals surface area contributed by atoms with E-state index in [9.17, 15) is 18.0 Å². The summed E-state index contributed by atoms with van der Waals surface area (Å²) in [6.45, 7) is 5.24. The Balaban J connectivity index is 0.000000429. The summed E-state index contributed by atoms with van der Waals surface area (Å²) in [6.07, 6.45) is -3.56. The lowest BCUT2D eigenvalue weighted by Gasteiger charge is -2.39. The fourth-order valence-electron chi connectivity index (χ4n) is 3.43. The van der Waals surface area contributed by atoms with Gasteiger partial charge in [0, 0.05) is 49.3 Å². The average Bonchev–Trinajstić information content (AvgIpc) is 3.32. The average molecular weight is 509 g/mol. The standard InChI is InChI=1S/C20H22N6OS.C2HF3O2/c1-15-12-25(10-11-26(15)19(27)16-6-3-2-4-7-16)13-17-8-5-9-18(23-17)24-20-21-14-22-28-20;3-2(4,5)1(6)7/h2-9,14-15H,10-13H2,1H3,(H,21,22,23,24);(H,6,7)/t15-;/m1./s1. The van der Waals surface area contributed by atoms with E-state index in [4.69, 9.17) is 9.90 Å². The number of hydrogen-bond acceptors (Lipinski definition) is 8. The van der Waals surface area contributed by atoms with Crippen LogP contribution in [0.15, 0.2) is 54.9 Å². The summed E-state index contributed by atoms with van der Waals surface area (Å²) >= 11 is 1.30. The Labute approximate surface area is 203 Å². The van der Waals surface area contributed by atoms with Gasteiger partial charge in [-0.3, -0.25) is 9.69 Å². The van der Waals surface area contributed by atoms with E-state index in [1.165, 1.54) is 17.9 Å². The van der Waals surface area contributed by atoms with Crippen LogP contribution in [0.3, 0.4) is 0 Å². The molecule has 186 valence electrons. The summed E-state index contributed by atoms with van der Waals surface area (Å²) in [7, 11) is 0. The van der Waals surface area contributed by atoms with Crippen LogP contribution in [0.25, 0.3) is 0 Å². The zero-order chi connectivity index (χ0) is 25.4. The fraction of sp³-hybridized carbons (Fsp3) is 0.318. The Morgan fingerprint density at radius 3 is 2.46 bits per heavy atom. The van der Waals surface area contributed by atoms with E-state index in [2.05, 4.69) is 31.5 Å². The number of benzene rings is 1. The lowest BCUT2D eigenvalue weighted by molar-refractivity contribution is -0.192. The summed E-state index contributed by atoms with van der Waals surface area (Å²) < 4.78 is 35.7. The van der Waals surface area contributed by atoms with Crippen LogP contribution in [0.2, 0.25) is 0 Å². The van der Waals surface area contributed by atoms with Crippen LogP contribution < -0.4 is 5.32 Å². The number of carbonyl (C=O) groups excluding carboxylic acids is 1. The third-order valence-electron chi connectivity index (χ3n) is 5.02. The number of carboxylic acid groups (broad SMARTS) is 1. The molecule has 0 radical (unpaired) electrons. The number of rotatable bonds is 5. The van der Waals surface area contributed by atoms with Gasteiger partial charge in [0.25, 0.3) is 5.91 Å². The Kier molecular flexibility index (Phi) is 8.71. The van der Waals surface area contributed by atoms with Crippen molar-refractivity contribution in [3.8, 4) is 0 Å². The third kappa shape index (κ3) is 7.72. The number of halogens is 3. The third-order valence-corrected chi connectivity index (χ3v) is 5.60. The zero-order valence-electron chi connectivity index (χ0n) is 18.6. The van der Waals surface area contributed by atoms with Crippen LogP contribution in [0.1, 0.15) is 23.0 Å². The molecule has 1 amide bonds. The van der Waals surface area contributed by atoms with Crippen LogP contribution in [0.4, 0.5) is 24.1 Å². The molecule has 0 bridgehead atoms. The molecule has 2 N–H and O–H groups in total. The molecule has 0 aliphatic carbocycles. The molecule has 1 saturated heterocycles. The molecule has 0 saturated carbocycles. The highest BCUT2D eigenvalue weighted by molar-refractivity contribution is 7.09. The molecule has 35 heavy (non-hydrogen) atoms. The number of piperazine rings is 1. The number of carbonyl (C=O) groups is 2. The lowest BCUT2D eigenvalue weighted by Crippen LogP contribution is -2.53. The van der Waals surface area contributed by atoms with Crippen LogP contribution in [-0.4, -0.2) is 73.0 Å². The van der Waals surface area contributed by atoms with E-state index < -0.39 is 12.1 Å². The van der Waals surface area contributed by atoms with E-state index in [0.29, 0.717) is 0 Å². The minimum absolute atomic E-state index is 0.106. The van der Waals surface area contributed by atoms with Crippen molar-refractivity contribution in [3.05, 3.63) is 66.1 Å². The number of aliphatic carboxylic acids is 1. The summed E-state index contributed by atoms with van der Waals surface area (Å²) in [6, 6.07) is 15.6. The molecule has 3 aromatic rings. The number of nitrogens with zero attached hydrogens (tertiary/aromatic N) is 5. The maximum atomic E-state index is 12.7. The quantitative estimate of drug-likeness (QED) is 0.537. The molecule has 1 aliphatic rings. The van der Waals surface area contributed by atoms with Crippen LogP contribution in [0.5, 0.6) is 0 Å². The van der Waals surface area contributed by atoms with Crippen molar-refractivity contribution < 1.29 is 27.9 Å². The number of alkyl halides is 3. The summed E-state index contributed by atoms with van der Waals surface area (Å²) in [4.78, 5) is 34.8. The normalized spacial score (nSPS) is 16.2. The predicted molar refractivity (Wildman–Crippen MR) is 123 cm³/mol. The minimum Gasteiger partial charge on any atom is -0.475 e. The van der Waals surface area contributed by atoms with Crippen molar-refractivity contribution in [3.63, 3.8) is 0 Å². The number of anilines is 2. The van der Waals surface area contributed by atoms with Gasteiger partial charge in [0.15, 0.2) is 0 Å². The van der Waals surface area contributed by atoms with E-state index in [0.717, 1.165) is 48.4 Å². The maximum absolute atomic E-state index is 12.7. The second kappa shape index (κ2) is 11.7. The van der Waals surface area contributed by atoms with Gasteiger partial charge in [-0.25, -0.2) is 14.8 Å². The Hall–Kier alpha value is -3.58. The molecule has 4 rings (SSSR count). The van der Waals surface area contributed by atoms with Gasteiger partial charge in [-0.1, -0.05) is 24.3 Å². The van der Waals surface area contributed by atoms with Crippen molar-refractivity contribution in [1.82, 2.24) is 24.1 Å². The molecule has 1 aromatic carbocycles. The lowest BCUT2D eigenvalue weighted by atomic mass is 10.1. The van der Waals surface area contributed by atoms with Gasteiger partial charge in [0.2, 0.25) is 5.13 Å². The number of aromatic nitrogens is 3. The van der Waals surface area contributed by atoms with Crippen molar-refractivity contribution >= 4 is 34.4 Å². The van der Waals surface area contributed by atoms with E-state index >= 15 is 0 Å². The molecular weight excluding hydrogens is 485 g/mol. The first-order valence-electron chi connectivity index (χ1n) is 10.5. The summed E-state index contributed by atoms with van der Waals surface area (Å²) in [5, 5.41) is 11.0. The number of nitrogens with one attached hydrogen (secondary N) is 1. The minimum atomic E-state index is -5.08. The Morgan fingerprint density at radius 1 is 1.14 bits per heavy atom. The molecule has 1 aliphatic heterocycles. The molecular formula is C22H23F3N6O3S. The van der Waals surface area contributed by atoms with Crippen molar-refractivity contribution in [2.45, 2.75) is 25.7 Å². The predicted octanol–water partition coefficient (Wildman–Crippen LogP) is 3.66. The molecule has 2 aromatic heterocycles. The molecule has 0 unspecified atom stereocenters. The largest absolute Gasteiger partial charge is 0.490 e. The highest BCUT2D eigenvalue weighted by Gasteiger charge is 2.38. The van der Waals surface area contributed by atoms with Gasteiger partial charge in [0.1, 0.15) is 12.1 Å². The highest BCUT2D eigenvalue weighted by atomic mass is 32.1. The van der Waals surface area contributed by atoms with Crippen LogP contribution in [-0.2, 0) is 11.3 Å². The highest BCUT2D eigenvalue weighted by Crippen LogP contribution is 2.18. The molecule has 0 spiro atoms. The zero-order valence-corrected chi connectivity index (χ0v) is 19.5. The van der Waals surface area contributed by atoms with Crippen molar-refractivity contribution in [2.24, 2.45) is 0 Å². The molecule has 13 heteroatoms. The van der Waals surface area contributed by atoms with Gasteiger partial charge in [-0.15, -0.1) is 0 Å². The second-order valence-corrected chi connectivity index (χ2v) is 8.42. The van der Waals surface area contributed by atoms with Crippen molar-refractivity contribution in [1.29, 1.82) is 0 Å². The SMILES string of the molecule is C[C@@H]1CN(Cc2cccc(Nc3ncns3)n2)CCN1C(=O)c1ccccc1.O=C(O)C(F)(F)F. The van der Waals surface area contributed by atoms with Crippen molar-refractivity contribution in [2.75, 3.05) is 25.0 Å². The second-order valence-electron chi connectivity index (χ2n) is 7.64. The Bertz CT molecular complexity index is 1120. The smallest absolute Gasteiger partial charge is 0.475 e. The van der Waals surface area contributed by atoms with E-state index in [1.807, 2.05) is 53.4 Å². The number of carboxylic acids is 1. The van der Waals surface area contributed by atoms with Crippen LogP contribution in [0, 0.1) is 0 Å². The first-order valence-corrected chi connectivity index (χ1v) is 11.3. The molecule has 1 atom stereocenters. The maximum Gasteiger partial charge on any atom is 0.490 e. The number of hydrogen-bond donors (Lipinski definition) is 2. The topological polar surface area (TPSA) is 112 Å². The van der Waals surface area contributed by atoms with E-state index in [-0.39, 0.29) is 11.9 Å². The van der Waals surface area contributed by atoms with Gasteiger partial charge in [0.05, 0.1) is 5.69 Å². The van der Waals surface area contributed by atoms with E-state index in [1.54, 1.807) is 0 Å². The van der Waals surface area contributed by atoms with Crippen LogP contribution >= 0.6 is 11.5 Å². The number of amides is 1. The summed E-state index contributed by atoms with van der Waals surface area (Å²) in [5.74, 6) is -1.89. The first kappa shape index (κ1) is 26.0.